The Kier molecular flexibility index (Phi) is 5.77. The second-order valence-electron chi connectivity index (χ2n) is 7.49. The molecule has 0 spiro atoms. The second-order valence-corrected chi connectivity index (χ2v) is 11.0. The minimum Gasteiger partial charge on any atom is -0.481 e. The van der Waals surface area contributed by atoms with Gasteiger partial charge in [0.05, 0.1) is 12.2 Å². The number of aliphatic carboxylic acids is 1. The molecule has 1 unspecified atom stereocenters. The molecular formula is C23H23NO4S2. The largest absolute Gasteiger partial charge is 0.481 e. The molecule has 0 saturated carbocycles. The van der Waals surface area contributed by atoms with Crippen LogP contribution in [0.2, 0.25) is 0 Å². The predicted molar refractivity (Wildman–Crippen MR) is 120 cm³/mol. The van der Waals surface area contributed by atoms with E-state index in [2.05, 4.69) is 17.4 Å². The van der Waals surface area contributed by atoms with Crippen molar-refractivity contribution in [2.24, 2.45) is 0 Å². The first-order valence-corrected chi connectivity index (χ1v) is 12.3. The molecular weight excluding hydrogens is 418 g/mol. The molecule has 2 aromatic carbocycles. The molecule has 0 amide bonds. The molecule has 1 atom stereocenters. The smallest absolute Gasteiger partial charge is 0.305 e. The number of benzene rings is 2. The van der Waals surface area contributed by atoms with Gasteiger partial charge in [0.1, 0.15) is 4.75 Å². The van der Waals surface area contributed by atoms with Crippen molar-refractivity contribution >= 4 is 27.1 Å². The van der Waals surface area contributed by atoms with Crippen LogP contribution < -0.4 is 5.32 Å². The van der Waals surface area contributed by atoms with Gasteiger partial charge in [-0.05, 0) is 41.8 Å². The highest BCUT2D eigenvalue weighted by Gasteiger charge is 2.48. The predicted octanol–water partition coefficient (Wildman–Crippen LogP) is 4.16. The first-order valence-electron chi connectivity index (χ1n) is 9.82. The Hall–Kier alpha value is -2.48. The zero-order chi connectivity index (χ0) is 21.2. The van der Waals surface area contributed by atoms with Crippen LogP contribution in [0.1, 0.15) is 17.7 Å². The molecule has 0 aliphatic carbocycles. The molecule has 3 aromatic rings. The van der Waals surface area contributed by atoms with Crippen molar-refractivity contribution in [2.75, 3.05) is 18.8 Å². The SMILES string of the molecule is O=C(O)CC1(c2ccc(-c3ccc(-c4ccccc4)cc3)s2)CCNCCS1(=O)=O. The van der Waals surface area contributed by atoms with Gasteiger partial charge in [0.15, 0.2) is 9.84 Å². The molecule has 4 rings (SSSR count). The van der Waals surface area contributed by atoms with E-state index in [1.54, 1.807) is 6.07 Å². The highest BCUT2D eigenvalue weighted by atomic mass is 32.2. The van der Waals surface area contributed by atoms with Crippen LogP contribution in [0, 0.1) is 0 Å². The Morgan fingerprint density at radius 1 is 0.933 bits per heavy atom. The lowest BCUT2D eigenvalue weighted by atomic mass is 9.98. The first kappa shape index (κ1) is 20.8. The molecule has 2 N–H and O–H groups in total. The Balaban J connectivity index is 1.70. The molecule has 1 aliphatic heterocycles. The van der Waals surface area contributed by atoms with Gasteiger partial charge in [-0.2, -0.15) is 0 Å². The van der Waals surface area contributed by atoms with E-state index in [1.165, 1.54) is 11.3 Å². The van der Waals surface area contributed by atoms with Gasteiger partial charge < -0.3 is 10.4 Å². The highest BCUT2D eigenvalue weighted by molar-refractivity contribution is 7.92. The normalized spacial score (nSPS) is 21.1. The maximum absolute atomic E-state index is 13.1. The zero-order valence-corrected chi connectivity index (χ0v) is 18.0. The van der Waals surface area contributed by atoms with Gasteiger partial charge in [-0.1, -0.05) is 54.6 Å². The topological polar surface area (TPSA) is 83.5 Å². The van der Waals surface area contributed by atoms with Crippen molar-refractivity contribution in [3.63, 3.8) is 0 Å². The van der Waals surface area contributed by atoms with Gasteiger partial charge in [-0.15, -0.1) is 11.3 Å². The van der Waals surface area contributed by atoms with E-state index >= 15 is 0 Å². The van der Waals surface area contributed by atoms with Crippen LogP contribution in [0.15, 0.2) is 66.7 Å². The Bertz CT molecular complexity index is 1140. The lowest BCUT2D eigenvalue weighted by Crippen LogP contribution is -2.39. The third-order valence-corrected chi connectivity index (χ3v) is 9.59. The molecule has 1 aliphatic rings. The summed E-state index contributed by atoms with van der Waals surface area (Å²) in [5.41, 5.74) is 3.23. The molecule has 1 saturated heterocycles. The van der Waals surface area contributed by atoms with Crippen LogP contribution in [-0.2, 0) is 19.4 Å². The average molecular weight is 442 g/mol. The molecule has 156 valence electrons. The van der Waals surface area contributed by atoms with Crippen LogP contribution in [-0.4, -0.2) is 38.3 Å². The third-order valence-electron chi connectivity index (χ3n) is 5.62. The van der Waals surface area contributed by atoms with Crippen LogP contribution >= 0.6 is 11.3 Å². The standard InChI is InChI=1S/C23H23NO4S2/c25-22(26)16-23(12-13-24-14-15-30(23,27)28)21-11-10-20(29-21)19-8-6-18(7-9-19)17-4-2-1-3-5-17/h1-11,24H,12-16H2,(H,25,26). The van der Waals surface area contributed by atoms with E-state index in [9.17, 15) is 18.3 Å². The quantitative estimate of drug-likeness (QED) is 0.621. The minimum absolute atomic E-state index is 0.0563. The summed E-state index contributed by atoms with van der Waals surface area (Å²) >= 11 is 1.38. The van der Waals surface area contributed by atoms with Gasteiger partial charge in [-0.25, -0.2) is 8.42 Å². The van der Waals surface area contributed by atoms with Gasteiger partial charge in [0.2, 0.25) is 0 Å². The number of sulfone groups is 1. The van der Waals surface area contributed by atoms with E-state index < -0.39 is 27.0 Å². The van der Waals surface area contributed by atoms with Gasteiger partial charge in [-0.3, -0.25) is 4.79 Å². The number of carbonyl (C=O) groups is 1. The van der Waals surface area contributed by atoms with Crippen molar-refractivity contribution in [1.82, 2.24) is 5.32 Å². The monoisotopic (exact) mass is 441 g/mol. The first-order chi connectivity index (χ1) is 14.4. The number of hydrogen-bond donors (Lipinski definition) is 2. The van der Waals surface area contributed by atoms with Crippen LogP contribution in [0.4, 0.5) is 0 Å². The summed E-state index contributed by atoms with van der Waals surface area (Å²) in [6.07, 6.45) is -0.154. The summed E-state index contributed by atoms with van der Waals surface area (Å²) in [6.45, 7) is 0.828. The molecule has 0 radical (unpaired) electrons. The van der Waals surface area contributed by atoms with E-state index in [-0.39, 0.29) is 12.2 Å². The van der Waals surface area contributed by atoms with E-state index in [4.69, 9.17) is 0 Å². The maximum Gasteiger partial charge on any atom is 0.305 e. The summed E-state index contributed by atoms with van der Waals surface area (Å²) in [4.78, 5) is 13.2. The van der Waals surface area contributed by atoms with Crippen LogP contribution in [0.25, 0.3) is 21.6 Å². The number of hydrogen-bond acceptors (Lipinski definition) is 5. The average Bonchev–Trinajstić information content (AvgIpc) is 3.18. The van der Waals surface area contributed by atoms with Crippen LogP contribution in [0.3, 0.4) is 0 Å². The van der Waals surface area contributed by atoms with Gasteiger partial charge in [0.25, 0.3) is 0 Å². The van der Waals surface area contributed by atoms with Gasteiger partial charge in [0, 0.05) is 16.3 Å². The Labute approximate surface area is 180 Å². The molecule has 30 heavy (non-hydrogen) atoms. The summed E-state index contributed by atoms with van der Waals surface area (Å²) in [5, 5.41) is 12.6. The van der Waals surface area contributed by atoms with Gasteiger partial charge >= 0.3 is 5.97 Å². The molecule has 1 fully saturated rings. The van der Waals surface area contributed by atoms with Crippen molar-refractivity contribution in [1.29, 1.82) is 0 Å². The minimum atomic E-state index is -3.61. The number of rotatable bonds is 5. The highest BCUT2D eigenvalue weighted by Crippen LogP contribution is 2.44. The molecule has 7 heteroatoms. The van der Waals surface area contributed by atoms with E-state index in [0.717, 1.165) is 21.6 Å². The van der Waals surface area contributed by atoms with Crippen LogP contribution in [0.5, 0.6) is 0 Å². The Morgan fingerprint density at radius 2 is 1.60 bits per heavy atom. The van der Waals surface area contributed by atoms with E-state index in [1.807, 2.05) is 48.5 Å². The zero-order valence-electron chi connectivity index (χ0n) is 16.4. The number of carboxylic acid groups (broad SMARTS) is 1. The number of thiophene rings is 1. The van der Waals surface area contributed by atoms with Crippen molar-refractivity contribution in [3.05, 3.63) is 71.6 Å². The molecule has 5 nitrogen and oxygen atoms in total. The fraction of sp³-hybridized carbons (Fsp3) is 0.261. The maximum atomic E-state index is 13.1. The van der Waals surface area contributed by atoms with Crippen molar-refractivity contribution in [3.8, 4) is 21.6 Å². The fourth-order valence-corrected chi connectivity index (χ4v) is 7.54. The fourth-order valence-electron chi connectivity index (χ4n) is 3.97. The molecule has 1 aromatic heterocycles. The summed E-state index contributed by atoms with van der Waals surface area (Å²) in [6, 6.07) is 21.9. The summed E-state index contributed by atoms with van der Waals surface area (Å²) in [7, 11) is -3.61. The summed E-state index contributed by atoms with van der Waals surface area (Å²) in [5.74, 6) is -1.15. The lowest BCUT2D eigenvalue weighted by molar-refractivity contribution is -0.137. The van der Waals surface area contributed by atoms with E-state index in [0.29, 0.717) is 18.0 Å². The molecule has 0 bridgehead atoms. The Morgan fingerprint density at radius 3 is 2.30 bits per heavy atom. The molecule has 2 heterocycles. The van der Waals surface area contributed by atoms with Crippen molar-refractivity contribution in [2.45, 2.75) is 17.6 Å². The lowest BCUT2D eigenvalue weighted by Gasteiger charge is -2.29. The number of carboxylic acids is 1. The van der Waals surface area contributed by atoms with Crippen molar-refractivity contribution < 1.29 is 18.3 Å². The second kappa shape index (κ2) is 8.34. The number of nitrogens with one attached hydrogen (secondary N) is 1. The summed E-state index contributed by atoms with van der Waals surface area (Å²) < 4.78 is 24.8. The third kappa shape index (κ3) is 3.93.